The molecular weight excluding hydrogens is 288 g/mol. The van der Waals surface area contributed by atoms with Gasteiger partial charge < -0.3 is 4.74 Å². The van der Waals surface area contributed by atoms with E-state index in [1.807, 2.05) is 30.3 Å². The summed E-state index contributed by atoms with van der Waals surface area (Å²) in [5, 5.41) is 4.34. The average Bonchev–Trinajstić information content (AvgIpc) is 2.58. The first-order valence-corrected chi connectivity index (χ1v) is 7.66. The Balaban J connectivity index is 2.17. The van der Waals surface area contributed by atoms with Gasteiger partial charge in [0.05, 0.1) is 12.8 Å². The predicted molar refractivity (Wildman–Crippen MR) is 92.9 cm³/mol. The number of hydrogen-bond donors (Lipinski definition) is 1. The molecule has 4 heteroatoms. The molecule has 0 unspecified atom stereocenters. The summed E-state index contributed by atoms with van der Waals surface area (Å²) in [7, 11) is 1.57. The Morgan fingerprint density at radius 1 is 1.09 bits per heavy atom. The molecule has 2 aromatic rings. The summed E-state index contributed by atoms with van der Waals surface area (Å²) in [5.74, 6) is 0.843. The second-order valence-corrected chi connectivity index (χ2v) is 5.70. The third-order valence-corrected chi connectivity index (χ3v) is 3.33. The lowest BCUT2D eigenvalue weighted by Gasteiger charge is -2.10. The second-order valence-electron chi connectivity index (χ2n) is 5.70. The minimum Gasteiger partial charge on any atom is -0.497 e. The normalized spacial score (nSPS) is 11.4. The average molecular weight is 310 g/mol. The summed E-state index contributed by atoms with van der Waals surface area (Å²) in [6, 6.07) is 16.9. The fourth-order valence-corrected chi connectivity index (χ4v) is 2.19. The Hall–Kier alpha value is -2.62. The molecule has 0 aromatic heterocycles. The van der Waals surface area contributed by atoms with Crippen molar-refractivity contribution in [1.29, 1.82) is 0 Å². The van der Waals surface area contributed by atoms with Crippen molar-refractivity contribution >= 4 is 11.6 Å². The zero-order chi connectivity index (χ0) is 16.7. The lowest BCUT2D eigenvalue weighted by molar-refractivity contribution is 0.0954. The molecule has 0 aliphatic rings. The van der Waals surface area contributed by atoms with E-state index in [1.54, 1.807) is 31.4 Å². The van der Waals surface area contributed by atoms with Gasteiger partial charge in [-0.05, 0) is 36.1 Å². The largest absolute Gasteiger partial charge is 0.497 e. The van der Waals surface area contributed by atoms with Gasteiger partial charge in [-0.25, -0.2) is 5.43 Å². The Kier molecular flexibility index (Phi) is 5.92. The third-order valence-electron chi connectivity index (χ3n) is 3.33. The number of carbonyl (C=O) groups is 1. The molecule has 0 saturated heterocycles. The maximum Gasteiger partial charge on any atom is 0.271 e. The smallest absolute Gasteiger partial charge is 0.271 e. The van der Waals surface area contributed by atoms with Gasteiger partial charge >= 0.3 is 0 Å². The lowest BCUT2D eigenvalue weighted by atomic mass is 10.0. The fourth-order valence-electron chi connectivity index (χ4n) is 2.19. The van der Waals surface area contributed by atoms with Crippen LogP contribution in [-0.2, 0) is 0 Å². The van der Waals surface area contributed by atoms with Crippen molar-refractivity contribution in [2.75, 3.05) is 7.11 Å². The minimum atomic E-state index is -0.249. The van der Waals surface area contributed by atoms with Crippen LogP contribution in [0.1, 0.15) is 36.2 Å². The molecule has 2 aromatic carbocycles. The van der Waals surface area contributed by atoms with E-state index in [0.717, 1.165) is 17.7 Å². The highest BCUT2D eigenvalue weighted by Crippen LogP contribution is 2.13. The number of amides is 1. The number of ether oxygens (including phenoxy) is 1. The Bertz CT molecular complexity index is 679. The first-order valence-electron chi connectivity index (χ1n) is 7.66. The van der Waals surface area contributed by atoms with E-state index in [4.69, 9.17) is 4.74 Å². The highest BCUT2D eigenvalue weighted by atomic mass is 16.5. The number of rotatable bonds is 6. The molecule has 0 aliphatic heterocycles. The Morgan fingerprint density at radius 2 is 1.78 bits per heavy atom. The molecular formula is C19H22N2O2. The van der Waals surface area contributed by atoms with Crippen molar-refractivity contribution in [2.24, 2.45) is 11.0 Å². The van der Waals surface area contributed by atoms with Crippen LogP contribution >= 0.6 is 0 Å². The molecule has 0 radical (unpaired) electrons. The fraction of sp³-hybridized carbons (Fsp3) is 0.263. The molecule has 1 N–H and O–H groups in total. The third kappa shape index (κ3) is 4.95. The standard InChI is InChI=1S/C19H22N2O2/c1-14(2)12-18(15-8-5-4-6-9-15)20-21-19(22)16-10-7-11-17(13-16)23-3/h4-11,13-14H,12H2,1-3H3,(H,21,22)/b20-18-. The highest BCUT2D eigenvalue weighted by Gasteiger charge is 2.09. The zero-order valence-electron chi connectivity index (χ0n) is 13.7. The summed E-state index contributed by atoms with van der Waals surface area (Å²) >= 11 is 0. The van der Waals surface area contributed by atoms with Crippen molar-refractivity contribution in [2.45, 2.75) is 20.3 Å². The van der Waals surface area contributed by atoms with Crippen LogP contribution in [-0.4, -0.2) is 18.7 Å². The molecule has 0 spiro atoms. The van der Waals surface area contributed by atoms with Crippen LogP contribution in [0.3, 0.4) is 0 Å². The van der Waals surface area contributed by atoms with Crippen LogP contribution in [0.2, 0.25) is 0 Å². The molecule has 4 nitrogen and oxygen atoms in total. The van der Waals surface area contributed by atoms with E-state index in [1.165, 1.54) is 0 Å². The van der Waals surface area contributed by atoms with Crippen LogP contribution in [0, 0.1) is 5.92 Å². The van der Waals surface area contributed by atoms with Crippen molar-refractivity contribution in [3.63, 3.8) is 0 Å². The number of hydrogen-bond acceptors (Lipinski definition) is 3. The number of benzene rings is 2. The Labute approximate surface area is 137 Å². The maximum absolute atomic E-state index is 12.3. The predicted octanol–water partition coefficient (Wildman–Crippen LogP) is 3.88. The van der Waals surface area contributed by atoms with Crippen molar-refractivity contribution in [3.8, 4) is 5.75 Å². The number of hydrazone groups is 1. The van der Waals surface area contributed by atoms with Crippen LogP contribution in [0.25, 0.3) is 0 Å². The molecule has 2 rings (SSSR count). The van der Waals surface area contributed by atoms with Crippen LogP contribution in [0.5, 0.6) is 5.75 Å². The molecule has 0 fully saturated rings. The molecule has 23 heavy (non-hydrogen) atoms. The summed E-state index contributed by atoms with van der Waals surface area (Å²) in [5.41, 5.74) is 5.06. The van der Waals surface area contributed by atoms with Gasteiger partial charge in [-0.2, -0.15) is 5.10 Å². The maximum atomic E-state index is 12.3. The minimum absolute atomic E-state index is 0.249. The molecule has 1 amide bonds. The topological polar surface area (TPSA) is 50.7 Å². The van der Waals surface area contributed by atoms with Crippen LogP contribution in [0.4, 0.5) is 0 Å². The van der Waals surface area contributed by atoms with E-state index in [9.17, 15) is 4.79 Å². The van der Waals surface area contributed by atoms with Gasteiger partial charge in [0, 0.05) is 5.56 Å². The second kappa shape index (κ2) is 8.13. The summed E-state index contributed by atoms with van der Waals surface area (Å²) in [6.45, 7) is 4.25. The van der Waals surface area contributed by atoms with E-state index < -0.39 is 0 Å². The first-order chi connectivity index (χ1) is 11.1. The first kappa shape index (κ1) is 16.7. The molecule has 0 atom stereocenters. The molecule has 0 aliphatic carbocycles. The van der Waals surface area contributed by atoms with Crippen molar-refractivity contribution < 1.29 is 9.53 Å². The van der Waals surface area contributed by atoms with Crippen molar-refractivity contribution in [3.05, 3.63) is 65.7 Å². The van der Waals surface area contributed by atoms with E-state index in [0.29, 0.717) is 17.2 Å². The van der Waals surface area contributed by atoms with E-state index in [-0.39, 0.29) is 5.91 Å². The monoisotopic (exact) mass is 310 g/mol. The van der Waals surface area contributed by atoms with E-state index >= 15 is 0 Å². The molecule has 0 heterocycles. The van der Waals surface area contributed by atoms with Crippen molar-refractivity contribution in [1.82, 2.24) is 5.43 Å². The molecule has 120 valence electrons. The number of carbonyl (C=O) groups excluding carboxylic acids is 1. The molecule has 0 bridgehead atoms. The van der Waals surface area contributed by atoms with Gasteiger partial charge in [0.2, 0.25) is 0 Å². The number of methoxy groups -OCH3 is 1. The van der Waals surface area contributed by atoms with Gasteiger partial charge in [0.25, 0.3) is 5.91 Å². The summed E-state index contributed by atoms with van der Waals surface area (Å²) in [6.07, 6.45) is 0.794. The van der Waals surface area contributed by atoms with E-state index in [2.05, 4.69) is 24.4 Å². The lowest BCUT2D eigenvalue weighted by Crippen LogP contribution is -2.20. The molecule has 0 saturated carbocycles. The highest BCUT2D eigenvalue weighted by molar-refractivity contribution is 6.02. The van der Waals surface area contributed by atoms with Gasteiger partial charge in [-0.1, -0.05) is 50.2 Å². The zero-order valence-corrected chi connectivity index (χ0v) is 13.7. The van der Waals surface area contributed by atoms with Gasteiger partial charge in [0.15, 0.2) is 0 Å². The quantitative estimate of drug-likeness (QED) is 0.650. The van der Waals surface area contributed by atoms with Gasteiger partial charge in [-0.15, -0.1) is 0 Å². The van der Waals surface area contributed by atoms with Crippen LogP contribution < -0.4 is 10.2 Å². The number of nitrogens with zero attached hydrogens (tertiary/aromatic N) is 1. The SMILES string of the molecule is COc1cccc(C(=O)N/N=C(/CC(C)C)c2ccccc2)c1. The van der Waals surface area contributed by atoms with Gasteiger partial charge in [0.1, 0.15) is 5.75 Å². The van der Waals surface area contributed by atoms with Gasteiger partial charge in [-0.3, -0.25) is 4.79 Å². The summed E-state index contributed by atoms with van der Waals surface area (Å²) < 4.78 is 5.14. The number of nitrogens with one attached hydrogen (secondary N) is 1. The van der Waals surface area contributed by atoms with Crippen LogP contribution in [0.15, 0.2) is 59.7 Å². The summed E-state index contributed by atoms with van der Waals surface area (Å²) in [4.78, 5) is 12.3. The Morgan fingerprint density at radius 3 is 2.43 bits per heavy atom.